The van der Waals surface area contributed by atoms with Crippen molar-refractivity contribution in [3.63, 3.8) is 0 Å². The van der Waals surface area contributed by atoms with Crippen molar-refractivity contribution in [3.8, 4) is 0 Å². The highest BCUT2D eigenvalue weighted by Gasteiger charge is 2.20. The molecule has 3 heteroatoms. The summed E-state index contributed by atoms with van der Waals surface area (Å²) in [6.07, 6.45) is 5.55. The zero-order valence-corrected chi connectivity index (χ0v) is 7.53. The van der Waals surface area contributed by atoms with Crippen LogP contribution < -0.4 is 0 Å². The summed E-state index contributed by atoms with van der Waals surface area (Å²) in [6.45, 7) is 1.97. The molecule has 1 aliphatic heterocycles. The molecule has 1 unspecified atom stereocenters. The third kappa shape index (κ3) is 2.11. The molecular weight excluding hydrogens is 168 g/mol. The minimum absolute atomic E-state index is 0.0598. The molecule has 3 nitrogen and oxygen atoms in total. The van der Waals surface area contributed by atoms with E-state index in [1.165, 1.54) is 0 Å². The lowest BCUT2D eigenvalue weighted by molar-refractivity contribution is -0.0734. The summed E-state index contributed by atoms with van der Waals surface area (Å²) in [5.41, 5.74) is 1.15. The smallest absolute Gasteiger partial charge is 0.111 e. The van der Waals surface area contributed by atoms with Gasteiger partial charge in [0.25, 0.3) is 0 Å². The summed E-state index contributed by atoms with van der Waals surface area (Å²) >= 11 is 0. The van der Waals surface area contributed by atoms with E-state index in [1.807, 2.05) is 6.08 Å². The van der Waals surface area contributed by atoms with Crippen LogP contribution in [0.1, 0.15) is 12.8 Å². The third-order valence-electron chi connectivity index (χ3n) is 2.35. The average Bonchev–Trinajstić information content (AvgIpc) is 2.19. The van der Waals surface area contributed by atoms with E-state index in [1.54, 1.807) is 6.08 Å². The summed E-state index contributed by atoms with van der Waals surface area (Å²) in [5, 5.41) is 9.30. The zero-order valence-electron chi connectivity index (χ0n) is 7.53. The van der Waals surface area contributed by atoms with Gasteiger partial charge in [-0.25, -0.2) is 0 Å². The van der Waals surface area contributed by atoms with Crippen molar-refractivity contribution < 1.29 is 14.6 Å². The predicted octanol–water partition coefficient (Wildman–Crippen LogP) is 1.56. The quantitative estimate of drug-likeness (QED) is 0.669. The molecule has 0 aromatic rings. The summed E-state index contributed by atoms with van der Waals surface area (Å²) < 4.78 is 10.8. The summed E-state index contributed by atoms with van der Waals surface area (Å²) in [6, 6.07) is 0. The van der Waals surface area contributed by atoms with Gasteiger partial charge in [0, 0.05) is 0 Å². The van der Waals surface area contributed by atoms with Gasteiger partial charge in [-0.2, -0.15) is 0 Å². The molecule has 2 rings (SSSR count). The second-order valence-corrected chi connectivity index (χ2v) is 3.32. The van der Waals surface area contributed by atoms with Gasteiger partial charge in [-0.3, -0.25) is 0 Å². The fourth-order valence-corrected chi connectivity index (χ4v) is 1.66. The van der Waals surface area contributed by atoms with Crippen molar-refractivity contribution in [3.05, 3.63) is 23.5 Å². The Morgan fingerprint density at radius 3 is 3.00 bits per heavy atom. The number of rotatable bonds is 1. The molecule has 0 radical (unpaired) electrons. The van der Waals surface area contributed by atoms with E-state index in [-0.39, 0.29) is 6.10 Å². The standard InChI is InChI=1S/C10H14O3/c11-9-3-1-2-8(6-9)10-7-12-4-5-13-10/h3,6,10-11H,1-2,4-5,7H2. The number of hydrogen-bond donors (Lipinski definition) is 1. The Morgan fingerprint density at radius 2 is 2.31 bits per heavy atom. The summed E-state index contributed by atoms with van der Waals surface area (Å²) in [7, 11) is 0. The first-order valence-corrected chi connectivity index (χ1v) is 4.65. The van der Waals surface area contributed by atoms with Crippen LogP contribution in [0.4, 0.5) is 0 Å². The molecule has 0 bridgehead atoms. The van der Waals surface area contributed by atoms with Crippen LogP contribution in [0, 0.1) is 0 Å². The normalized spacial score (nSPS) is 29.4. The number of aliphatic hydroxyl groups is 1. The fraction of sp³-hybridized carbons (Fsp3) is 0.600. The molecule has 2 aliphatic rings. The molecule has 1 saturated heterocycles. The Bertz CT molecular complexity index is 237. The molecule has 1 N–H and O–H groups in total. The van der Waals surface area contributed by atoms with Crippen molar-refractivity contribution in [1.29, 1.82) is 0 Å². The van der Waals surface area contributed by atoms with E-state index < -0.39 is 0 Å². The third-order valence-corrected chi connectivity index (χ3v) is 2.35. The summed E-state index contributed by atoms with van der Waals surface area (Å²) in [4.78, 5) is 0. The fourth-order valence-electron chi connectivity index (χ4n) is 1.66. The molecule has 0 saturated carbocycles. The maximum Gasteiger partial charge on any atom is 0.111 e. The Labute approximate surface area is 77.7 Å². The van der Waals surface area contributed by atoms with Gasteiger partial charge in [0.1, 0.15) is 11.9 Å². The van der Waals surface area contributed by atoms with Crippen LogP contribution in [0.2, 0.25) is 0 Å². The van der Waals surface area contributed by atoms with E-state index in [9.17, 15) is 5.11 Å². The van der Waals surface area contributed by atoms with Crippen LogP contribution in [0.3, 0.4) is 0 Å². The van der Waals surface area contributed by atoms with Crippen LogP contribution in [0.5, 0.6) is 0 Å². The molecule has 72 valence electrons. The second-order valence-electron chi connectivity index (χ2n) is 3.32. The van der Waals surface area contributed by atoms with Gasteiger partial charge in [-0.1, -0.05) is 0 Å². The van der Waals surface area contributed by atoms with Crippen molar-refractivity contribution in [1.82, 2.24) is 0 Å². The topological polar surface area (TPSA) is 38.7 Å². The number of hydrogen-bond acceptors (Lipinski definition) is 3. The van der Waals surface area contributed by atoms with Gasteiger partial charge in [0.15, 0.2) is 0 Å². The van der Waals surface area contributed by atoms with Gasteiger partial charge in [0.2, 0.25) is 0 Å². The molecule has 1 aliphatic carbocycles. The van der Waals surface area contributed by atoms with Crippen LogP contribution in [0.25, 0.3) is 0 Å². The highest BCUT2D eigenvalue weighted by Crippen LogP contribution is 2.22. The van der Waals surface area contributed by atoms with E-state index >= 15 is 0 Å². The highest BCUT2D eigenvalue weighted by molar-refractivity contribution is 5.25. The van der Waals surface area contributed by atoms with Crippen LogP contribution in [0.15, 0.2) is 23.5 Å². The Kier molecular flexibility index (Phi) is 2.66. The molecule has 13 heavy (non-hydrogen) atoms. The monoisotopic (exact) mass is 182 g/mol. The van der Waals surface area contributed by atoms with Crippen LogP contribution in [-0.2, 0) is 9.47 Å². The first kappa shape index (κ1) is 8.78. The molecule has 0 aromatic carbocycles. The second kappa shape index (κ2) is 3.94. The number of aliphatic hydroxyl groups excluding tert-OH is 1. The van der Waals surface area contributed by atoms with Crippen LogP contribution >= 0.6 is 0 Å². The van der Waals surface area contributed by atoms with Gasteiger partial charge < -0.3 is 14.6 Å². The largest absolute Gasteiger partial charge is 0.508 e. The molecule has 1 fully saturated rings. The van der Waals surface area contributed by atoms with E-state index in [2.05, 4.69) is 0 Å². The molecule has 1 atom stereocenters. The average molecular weight is 182 g/mol. The molecule has 0 spiro atoms. The highest BCUT2D eigenvalue weighted by atomic mass is 16.6. The predicted molar refractivity (Wildman–Crippen MR) is 48.6 cm³/mol. The minimum atomic E-state index is 0.0598. The molecule has 0 aromatic heterocycles. The Balaban J connectivity index is 2.02. The van der Waals surface area contributed by atoms with Crippen LogP contribution in [-0.4, -0.2) is 31.0 Å². The molecular formula is C10H14O3. The lowest BCUT2D eigenvalue weighted by Gasteiger charge is -2.26. The summed E-state index contributed by atoms with van der Waals surface area (Å²) in [5.74, 6) is 0.357. The first-order valence-electron chi connectivity index (χ1n) is 4.65. The van der Waals surface area contributed by atoms with Gasteiger partial charge >= 0.3 is 0 Å². The van der Waals surface area contributed by atoms with Crippen molar-refractivity contribution in [2.45, 2.75) is 18.9 Å². The van der Waals surface area contributed by atoms with E-state index in [0.29, 0.717) is 25.6 Å². The molecule has 0 amide bonds. The molecule has 1 heterocycles. The SMILES string of the molecule is OC1=CCCC(C2COCCO2)=C1. The first-order chi connectivity index (χ1) is 6.36. The Morgan fingerprint density at radius 1 is 1.38 bits per heavy atom. The number of ether oxygens (including phenoxy) is 2. The van der Waals surface area contributed by atoms with Crippen molar-refractivity contribution in [2.24, 2.45) is 0 Å². The van der Waals surface area contributed by atoms with E-state index in [0.717, 1.165) is 18.4 Å². The van der Waals surface area contributed by atoms with Crippen molar-refractivity contribution >= 4 is 0 Å². The van der Waals surface area contributed by atoms with Gasteiger partial charge in [-0.15, -0.1) is 0 Å². The van der Waals surface area contributed by atoms with Crippen molar-refractivity contribution in [2.75, 3.05) is 19.8 Å². The maximum absolute atomic E-state index is 9.30. The number of allylic oxidation sites excluding steroid dienone is 2. The minimum Gasteiger partial charge on any atom is -0.508 e. The maximum atomic E-state index is 9.30. The zero-order chi connectivity index (χ0) is 9.10. The Hall–Kier alpha value is -0.800. The van der Waals surface area contributed by atoms with E-state index in [4.69, 9.17) is 9.47 Å². The lowest BCUT2D eigenvalue weighted by Crippen LogP contribution is -2.30. The van der Waals surface area contributed by atoms with Gasteiger partial charge in [-0.05, 0) is 30.6 Å². The lowest BCUT2D eigenvalue weighted by atomic mass is 9.99. The van der Waals surface area contributed by atoms with Gasteiger partial charge in [0.05, 0.1) is 19.8 Å².